The summed E-state index contributed by atoms with van der Waals surface area (Å²) in [6, 6.07) is 13.1. The fraction of sp³-hybridized carbons (Fsp3) is 0.381. The lowest BCUT2D eigenvalue weighted by atomic mass is 9.90. The van der Waals surface area contributed by atoms with Gasteiger partial charge in [-0.25, -0.2) is 13.2 Å². The third-order valence-corrected chi connectivity index (χ3v) is 6.21. The summed E-state index contributed by atoms with van der Waals surface area (Å²) in [6.07, 6.45) is 3.19. The highest BCUT2D eigenvalue weighted by Gasteiger charge is 2.25. The van der Waals surface area contributed by atoms with Crippen LogP contribution in [-0.2, 0) is 9.84 Å². The molecule has 2 aromatic carbocycles. The number of hydrogen-bond acceptors (Lipinski definition) is 3. The predicted octanol–water partition coefficient (Wildman–Crippen LogP) is 4.12. The van der Waals surface area contributed by atoms with Crippen LogP contribution in [0.25, 0.3) is 0 Å². The first kappa shape index (κ1) is 19.4. The average Bonchev–Trinajstić information content (AvgIpc) is 2.62. The van der Waals surface area contributed by atoms with Gasteiger partial charge in [0, 0.05) is 31.0 Å². The fourth-order valence-electron chi connectivity index (χ4n) is 3.52. The number of anilines is 1. The van der Waals surface area contributed by atoms with Gasteiger partial charge in [0.15, 0.2) is 9.84 Å². The van der Waals surface area contributed by atoms with Crippen molar-refractivity contribution in [3.63, 3.8) is 0 Å². The summed E-state index contributed by atoms with van der Waals surface area (Å²) in [5.74, 6) is 0.327. The quantitative estimate of drug-likeness (QED) is 0.863. The number of sulfone groups is 1. The maximum atomic E-state index is 12.8. The summed E-state index contributed by atoms with van der Waals surface area (Å²) in [5.41, 5.74) is 3.87. The maximum absolute atomic E-state index is 12.8. The number of piperidine rings is 1. The summed E-state index contributed by atoms with van der Waals surface area (Å²) in [6.45, 7) is 5.31. The van der Waals surface area contributed by atoms with E-state index in [9.17, 15) is 13.2 Å². The van der Waals surface area contributed by atoms with E-state index < -0.39 is 9.84 Å². The molecule has 2 amide bonds. The maximum Gasteiger partial charge on any atom is 0.321 e. The molecule has 1 saturated heterocycles. The summed E-state index contributed by atoms with van der Waals surface area (Å²) in [4.78, 5) is 14.8. The van der Waals surface area contributed by atoms with Crippen LogP contribution in [0, 0.1) is 13.8 Å². The zero-order valence-corrected chi connectivity index (χ0v) is 16.8. The molecule has 0 spiro atoms. The molecule has 0 aromatic heterocycles. The van der Waals surface area contributed by atoms with E-state index in [0.717, 1.165) is 18.4 Å². The van der Waals surface area contributed by atoms with Crippen molar-refractivity contribution in [2.24, 2.45) is 0 Å². The number of nitrogens with one attached hydrogen (secondary N) is 1. The van der Waals surface area contributed by atoms with Crippen LogP contribution in [0.3, 0.4) is 0 Å². The number of carbonyl (C=O) groups is 1. The van der Waals surface area contributed by atoms with Crippen LogP contribution in [0.5, 0.6) is 0 Å². The number of aryl methyl sites for hydroxylation is 2. The number of rotatable bonds is 3. The van der Waals surface area contributed by atoms with Crippen LogP contribution in [0.15, 0.2) is 47.4 Å². The van der Waals surface area contributed by atoms with Crippen molar-refractivity contribution in [3.05, 3.63) is 59.2 Å². The molecule has 6 heteroatoms. The van der Waals surface area contributed by atoms with Gasteiger partial charge in [0.25, 0.3) is 0 Å². The van der Waals surface area contributed by atoms with Gasteiger partial charge in [0.05, 0.1) is 4.90 Å². The fourth-order valence-corrected chi connectivity index (χ4v) is 4.17. The Morgan fingerprint density at radius 1 is 1.15 bits per heavy atom. The minimum Gasteiger partial charge on any atom is -0.324 e. The number of urea groups is 1. The number of likely N-dealkylation sites (tertiary alicyclic amines) is 1. The van der Waals surface area contributed by atoms with E-state index in [1.54, 1.807) is 12.1 Å². The molecule has 0 aliphatic carbocycles. The van der Waals surface area contributed by atoms with Gasteiger partial charge >= 0.3 is 6.03 Å². The first-order chi connectivity index (χ1) is 12.7. The van der Waals surface area contributed by atoms with E-state index in [0.29, 0.717) is 24.7 Å². The highest BCUT2D eigenvalue weighted by molar-refractivity contribution is 7.90. The lowest BCUT2D eigenvalue weighted by Gasteiger charge is -2.33. The Morgan fingerprint density at radius 2 is 1.93 bits per heavy atom. The van der Waals surface area contributed by atoms with Crippen molar-refractivity contribution < 1.29 is 13.2 Å². The van der Waals surface area contributed by atoms with E-state index in [2.05, 4.69) is 36.5 Å². The van der Waals surface area contributed by atoms with Crippen molar-refractivity contribution in [1.82, 2.24) is 4.90 Å². The smallest absolute Gasteiger partial charge is 0.321 e. The Kier molecular flexibility index (Phi) is 5.56. The zero-order valence-electron chi connectivity index (χ0n) is 16.0. The van der Waals surface area contributed by atoms with Crippen LogP contribution in [0.1, 0.15) is 35.4 Å². The molecule has 1 aliphatic rings. The van der Waals surface area contributed by atoms with Crippen molar-refractivity contribution in [2.45, 2.75) is 37.5 Å². The van der Waals surface area contributed by atoms with E-state index in [4.69, 9.17) is 0 Å². The molecule has 1 N–H and O–H groups in total. The molecule has 1 fully saturated rings. The second-order valence-electron chi connectivity index (χ2n) is 7.38. The van der Waals surface area contributed by atoms with Gasteiger partial charge in [-0.3, -0.25) is 0 Å². The van der Waals surface area contributed by atoms with Crippen molar-refractivity contribution in [3.8, 4) is 0 Å². The van der Waals surface area contributed by atoms with Gasteiger partial charge in [0.2, 0.25) is 0 Å². The van der Waals surface area contributed by atoms with Crippen LogP contribution in [0.4, 0.5) is 10.5 Å². The van der Waals surface area contributed by atoms with Crippen LogP contribution in [0.2, 0.25) is 0 Å². The standard InChI is InChI=1S/C21H26N2O3S/c1-15-6-4-7-17(12-15)18-8-5-11-23(14-18)21(24)22-20-13-19(27(3,25)26)10-9-16(20)2/h4,6-7,9-10,12-13,18H,5,8,11,14H2,1-3H3,(H,22,24)/t18-/m0/s1. The molecule has 0 unspecified atom stereocenters. The monoisotopic (exact) mass is 386 g/mol. The molecule has 0 radical (unpaired) electrons. The molecular formula is C21H26N2O3S. The number of carbonyl (C=O) groups excluding carboxylic acids is 1. The number of hydrogen-bond donors (Lipinski definition) is 1. The topological polar surface area (TPSA) is 66.5 Å². The summed E-state index contributed by atoms with van der Waals surface area (Å²) < 4.78 is 23.6. The van der Waals surface area contributed by atoms with Crippen LogP contribution >= 0.6 is 0 Å². The molecular weight excluding hydrogens is 360 g/mol. The average molecular weight is 387 g/mol. The molecule has 1 atom stereocenters. The highest BCUT2D eigenvalue weighted by Crippen LogP contribution is 2.28. The molecule has 0 bridgehead atoms. The Morgan fingerprint density at radius 3 is 2.63 bits per heavy atom. The highest BCUT2D eigenvalue weighted by atomic mass is 32.2. The first-order valence-electron chi connectivity index (χ1n) is 9.17. The van der Waals surface area contributed by atoms with Gasteiger partial charge in [-0.15, -0.1) is 0 Å². The van der Waals surface area contributed by atoms with Gasteiger partial charge < -0.3 is 10.2 Å². The molecule has 0 saturated carbocycles. The van der Waals surface area contributed by atoms with E-state index in [-0.39, 0.29) is 10.9 Å². The number of nitrogens with zero attached hydrogens (tertiary/aromatic N) is 1. The molecule has 1 aliphatic heterocycles. The van der Waals surface area contributed by atoms with E-state index in [1.807, 2.05) is 11.8 Å². The lowest BCUT2D eigenvalue weighted by Crippen LogP contribution is -2.41. The molecule has 2 aromatic rings. The summed E-state index contributed by atoms with van der Waals surface area (Å²) in [7, 11) is -3.32. The molecule has 27 heavy (non-hydrogen) atoms. The van der Waals surface area contributed by atoms with Crippen molar-refractivity contribution >= 4 is 21.6 Å². The second kappa shape index (κ2) is 7.72. The third kappa shape index (κ3) is 4.69. The Hall–Kier alpha value is -2.34. The predicted molar refractivity (Wildman–Crippen MR) is 108 cm³/mol. The largest absolute Gasteiger partial charge is 0.324 e. The van der Waals surface area contributed by atoms with Crippen LogP contribution in [-0.4, -0.2) is 38.7 Å². The normalized spacial score (nSPS) is 17.6. The Labute approximate surface area is 161 Å². The lowest BCUT2D eigenvalue weighted by molar-refractivity contribution is 0.192. The Bertz CT molecular complexity index is 954. The number of amides is 2. The third-order valence-electron chi connectivity index (χ3n) is 5.10. The molecule has 1 heterocycles. The van der Waals surface area contributed by atoms with Crippen molar-refractivity contribution in [1.29, 1.82) is 0 Å². The summed E-state index contributed by atoms with van der Waals surface area (Å²) >= 11 is 0. The number of benzene rings is 2. The molecule has 3 rings (SSSR count). The first-order valence-corrected chi connectivity index (χ1v) is 11.1. The van der Waals surface area contributed by atoms with Gasteiger partial charge in [-0.05, 0) is 49.9 Å². The van der Waals surface area contributed by atoms with E-state index in [1.165, 1.54) is 23.4 Å². The Balaban J connectivity index is 1.74. The van der Waals surface area contributed by atoms with Gasteiger partial charge in [0.1, 0.15) is 0 Å². The van der Waals surface area contributed by atoms with Gasteiger partial charge in [-0.2, -0.15) is 0 Å². The molecule has 5 nitrogen and oxygen atoms in total. The second-order valence-corrected chi connectivity index (χ2v) is 9.39. The van der Waals surface area contributed by atoms with Crippen molar-refractivity contribution in [2.75, 3.05) is 24.7 Å². The van der Waals surface area contributed by atoms with E-state index >= 15 is 0 Å². The van der Waals surface area contributed by atoms with Gasteiger partial charge in [-0.1, -0.05) is 35.9 Å². The van der Waals surface area contributed by atoms with Crippen LogP contribution < -0.4 is 5.32 Å². The summed E-state index contributed by atoms with van der Waals surface area (Å²) in [5, 5.41) is 2.90. The molecule has 144 valence electrons. The SMILES string of the molecule is Cc1cccc([C@H]2CCCN(C(=O)Nc3cc(S(C)(=O)=O)ccc3C)C2)c1. The zero-order chi connectivity index (χ0) is 19.6. The minimum atomic E-state index is -3.32. The minimum absolute atomic E-state index is 0.180.